The predicted molar refractivity (Wildman–Crippen MR) is 75.3 cm³/mol. The Labute approximate surface area is 125 Å². The zero-order valence-electron chi connectivity index (χ0n) is 10.9. The van der Waals surface area contributed by atoms with Gasteiger partial charge in [0.05, 0.1) is 18.7 Å². The van der Waals surface area contributed by atoms with Crippen molar-refractivity contribution in [2.75, 3.05) is 13.1 Å². The lowest BCUT2D eigenvalue weighted by atomic mass is 9.83. The van der Waals surface area contributed by atoms with Crippen molar-refractivity contribution < 1.29 is 14.3 Å². The van der Waals surface area contributed by atoms with E-state index in [0.29, 0.717) is 31.7 Å². The second-order valence-electron chi connectivity index (χ2n) is 5.30. The van der Waals surface area contributed by atoms with Crippen LogP contribution in [0.1, 0.15) is 19.3 Å². The second-order valence-corrected chi connectivity index (χ2v) is 6.21. The van der Waals surface area contributed by atoms with Crippen LogP contribution >= 0.6 is 15.9 Å². The van der Waals surface area contributed by atoms with Gasteiger partial charge in [-0.1, -0.05) is 0 Å². The fraction of sp³-hybridized carbons (Fsp3) is 0.500. The quantitative estimate of drug-likeness (QED) is 0.843. The number of pyridine rings is 1. The van der Waals surface area contributed by atoms with E-state index in [-0.39, 0.29) is 23.7 Å². The van der Waals surface area contributed by atoms with Gasteiger partial charge in [0, 0.05) is 36.5 Å². The van der Waals surface area contributed by atoms with Gasteiger partial charge < -0.3 is 9.64 Å². The predicted octanol–water partition coefficient (Wildman–Crippen LogP) is 1.80. The monoisotopic (exact) mass is 338 g/mol. The molecule has 1 aliphatic heterocycles. The van der Waals surface area contributed by atoms with Crippen LogP contribution in [0.3, 0.4) is 0 Å². The van der Waals surface area contributed by atoms with Crippen molar-refractivity contribution in [1.82, 2.24) is 9.88 Å². The molecule has 1 saturated carbocycles. The Hall–Kier alpha value is -1.43. The molecule has 6 heteroatoms. The number of halogens is 1. The highest BCUT2D eigenvalue weighted by atomic mass is 79.9. The van der Waals surface area contributed by atoms with Gasteiger partial charge in [-0.2, -0.15) is 0 Å². The maximum atomic E-state index is 12.1. The van der Waals surface area contributed by atoms with Gasteiger partial charge in [0.15, 0.2) is 0 Å². The fourth-order valence-corrected chi connectivity index (χ4v) is 2.94. The Morgan fingerprint density at radius 3 is 2.90 bits per heavy atom. The molecule has 1 aliphatic carbocycles. The third-order valence-corrected chi connectivity index (χ3v) is 4.17. The minimum Gasteiger partial charge on any atom is -0.487 e. The van der Waals surface area contributed by atoms with Crippen LogP contribution in [0.5, 0.6) is 5.75 Å². The molecule has 2 fully saturated rings. The van der Waals surface area contributed by atoms with Gasteiger partial charge in [0.25, 0.3) is 0 Å². The maximum absolute atomic E-state index is 12.1. The number of ketones is 1. The van der Waals surface area contributed by atoms with Gasteiger partial charge in [0.2, 0.25) is 5.91 Å². The second kappa shape index (κ2) is 5.52. The van der Waals surface area contributed by atoms with Gasteiger partial charge in [-0.05, 0) is 22.0 Å². The van der Waals surface area contributed by atoms with Gasteiger partial charge in [-0.3, -0.25) is 14.6 Å². The van der Waals surface area contributed by atoms with Crippen molar-refractivity contribution in [3.8, 4) is 5.75 Å². The van der Waals surface area contributed by atoms with E-state index in [1.165, 1.54) is 0 Å². The number of ether oxygens (including phenoxy) is 1. The molecule has 1 amide bonds. The van der Waals surface area contributed by atoms with E-state index in [1.807, 2.05) is 11.0 Å². The molecule has 0 aromatic carbocycles. The molecule has 0 bridgehead atoms. The maximum Gasteiger partial charge on any atom is 0.226 e. The van der Waals surface area contributed by atoms with Crippen molar-refractivity contribution in [3.05, 3.63) is 22.9 Å². The third kappa shape index (κ3) is 2.85. The number of hydrogen-bond donors (Lipinski definition) is 0. The lowest BCUT2D eigenvalue weighted by molar-refractivity contribution is -0.144. The van der Waals surface area contributed by atoms with E-state index >= 15 is 0 Å². The molecule has 0 radical (unpaired) electrons. The van der Waals surface area contributed by atoms with E-state index in [4.69, 9.17) is 4.74 Å². The molecular formula is C14H15BrN2O3. The Balaban J connectivity index is 1.54. The van der Waals surface area contributed by atoms with Crippen LogP contribution in [0.2, 0.25) is 0 Å². The first-order valence-corrected chi connectivity index (χ1v) is 7.49. The summed E-state index contributed by atoms with van der Waals surface area (Å²) in [6.07, 6.45) is 5.02. The highest BCUT2D eigenvalue weighted by Crippen LogP contribution is 2.27. The number of amides is 1. The van der Waals surface area contributed by atoms with Crippen LogP contribution in [0.25, 0.3) is 0 Å². The van der Waals surface area contributed by atoms with Crippen LogP contribution in [0.15, 0.2) is 22.9 Å². The highest BCUT2D eigenvalue weighted by Gasteiger charge is 2.38. The van der Waals surface area contributed by atoms with Crippen molar-refractivity contribution in [2.45, 2.75) is 25.4 Å². The first kappa shape index (κ1) is 13.5. The Morgan fingerprint density at radius 2 is 2.20 bits per heavy atom. The minimum atomic E-state index is -0.0891. The van der Waals surface area contributed by atoms with Crippen LogP contribution in [-0.2, 0) is 9.59 Å². The summed E-state index contributed by atoms with van der Waals surface area (Å²) < 4.78 is 6.71. The summed E-state index contributed by atoms with van der Waals surface area (Å²) in [6.45, 7) is 1.30. The number of Topliss-reactive ketones (excluding diaryl/α,β-unsaturated/α-hetero) is 1. The zero-order valence-corrected chi connectivity index (χ0v) is 12.5. The van der Waals surface area contributed by atoms with E-state index in [0.717, 1.165) is 10.9 Å². The summed E-state index contributed by atoms with van der Waals surface area (Å²) in [7, 11) is 0. The van der Waals surface area contributed by atoms with Crippen molar-refractivity contribution in [1.29, 1.82) is 0 Å². The van der Waals surface area contributed by atoms with Crippen LogP contribution in [0.4, 0.5) is 0 Å². The molecule has 1 aromatic heterocycles. The molecule has 0 N–H and O–H groups in total. The van der Waals surface area contributed by atoms with E-state index < -0.39 is 0 Å². The third-order valence-electron chi connectivity index (χ3n) is 3.74. The summed E-state index contributed by atoms with van der Waals surface area (Å²) in [6, 6.07) is 1.86. The minimum absolute atomic E-state index is 0.00540. The first-order chi connectivity index (χ1) is 9.61. The molecule has 3 rings (SSSR count). The number of nitrogens with zero attached hydrogens (tertiary/aromatic N) is 2. The highest BCUT2D eigenvalue weighted by molar-refractivity contribution is 9.10. The molecule has 2 aliphatic rings. The molecule has 106 valence electrons. The Bertz CT molecular complexity index is 541. The molecule has 2 heterocycles. The van der Waals surface area contributed by atoms with Crippen molar-refractivity contribution in [2.24, 2.45) is 5.92 Å². The number of aromatic nitrogens is 1. The Kier molecular flexibility index (Phi) is 3.74. The summed E-state index contributed by atoms with van der Waals surface area (Å²) in [5.74, 6) is 0.907. The molecule has 20 heavy (non-hydrogen) atoms. The average molecular weight is 339 g/mol. The topological polar surface area (TPSA) is 59.5 Å². The van der Waals surface area contributed by atoms with Crippen LogP contribution < -0.4 is 4.74 Å². The molecule has 1 atom stereocenters. The lowest BCUT2D eigenvalue weighted by Crippen LogP contribution is -2.41. The summed E-state index contributed by atoms with van der Waals surface area (Å²) in [5, 5.41) is 0. The smallest absolute Gasteiger partial charge is 0.226 e. The molecule has 1 saturated heterocycles. The van der Waals surface area contributed by atoms with Crippen LogP contribution in [-0.4, -0.2) is 40.8 Å². The molecule has 0 spiro atoms. The van der Waals surface area contributed by atoms with Crippen molar-refractivity contribution >= 4 is 27.6 Å². The van der Waals surface area contributed by atoms with Gasteiger partial charge in [-0.15, -0.1) is 0 Å². The van der Waals surface area contributed by atoms with Crippen LogP contribution in [0, 0.1) is 5.92 Å². The number of carbonyl (C=O) groups excluding carboxylic acids is 2. The first-order valence-electron chi connectivity index (χ1n) is 6.69. The molecule has 1 aromatic rings. The SMILES string of the molecule is O=C1CC(C(=O)N2CC[C@H](Oc3cncc(Br)c3)C2)C1. The van der Waals surface area contributed by atoms with Gasteiger partial charge in [0.1, 0.15) is 17.6 Å². The molecule has 5 nitrogen and oxygen atoms in total. The fourth-order valence-electron chi connectivity index (χ4n) is 2.60. The number of likely N-dealkylation sites (tertiary alicyclic amines) is 1. The van der Waals surface area contributed by atoms with E-state index in [2.05, 4.69) is 20.9 Å². The van der Waals surface area contributed by atoms with Crippen molar-refractivity contribution in [3.63, 3.8) is 0 Å². The molecule has 0 unspecified atom stereocenters. The largest absolute Gasteiger partial charge is 0.487 e. The number of rotatable bonds is 3. The summed E-state index contributed by atoms with van der Waals surface area (Å²) in [4.78, 5) is 28.9. The van der Waals surface area contributed by atoms with E-state index in [9.17, 15) is 9.59 Å². The average Bonchev–Trinajstić information content (AvgIpc) is 2.83. The normalized spacial score (nSPS) is 22.8. The Morgan fingerprint density at radius 1 is 1.40 bits per heavy atom. The lowest BCUT2D eigenvalue weighted by Gasteiger charge is -2.28. The van der Waals surface area contributed by atoms with Gasteiger partial charge in [-0.25, -0.2) is 0 Å². The zero-order chi connectivity index (χ0) is 14.1. The number of carbonyl (C=O) groups is 2. The molecular weight excluding hydrogens is 324 g/mol. The standard InChI is InChI=1S/C14H15BrN2O3/c15-10-5-13(7-16-6-10)20-12-1-2-17(8-12)14(19)9-3-11(18)4-9/h5-7,9,12H,1-4,8H2/t12-/m0/s1. The summed E-state index contributed by atoms with van der Waals surface area (Å²) >= 11 is 3.35. The van der Waals surface area contributed by atoms with Gasteiger partial charge >= 0.3 is 0 Å². The van der Waals surface area contributed by atoms with E-state index in [1.54, 1.807) is 12.4 Å². The number of hydrogen-bond acceptors (Lipinski definition) is 4. The summed E-state index contributed by atoms with van der Waals surface area (Å²) in [5.41, 5.74) is 0.